The minimum absolute atomic E-state index is 0.304. The van der Waals surface area contributed by atoms with Gasteiger partial charge in [0.05, 0.1) is 0 Å². The van der Waals surface area contributed by atoms with E-state index in [4.69, 9.17) is 5.73 Å². The quantitative estimate of drug-likeness (QED) is 0.596. The molecule has 7 heteroatoms. The molecule has 2 heterocycles. The summed E-state index contributed by atoms with van der Waals surface area (Å²) in [5, 5.41) is 9.37. The van der Waals surface area contributed by atoms with Crippen LogP contribution in [0.25, 0.3) is 5.65 Å². The lowest BCUT2D eigenvalue weighted by atomic mass is 10.2. The molecule has 0 amide bonds. The Morgan fingerprint density at radius 2 is 2.21 bits per heavy atom. The molecular formula is C12H12N6O. The van der Waals surface area contributed by atoms with Crippen molar-refractivity contribution < 1.29 is 0 Å². The van der Waals surface area contributed by atoms with E-state index in [1.165, 1.54) is 10.7 Å². The Bertz CT molecular complexity index is 775. The molecule has 3 rings (SSSR count). The highest BCUT2D eigenvalue weighted by Crippen LogP contribution is 2.13. The fourth-order valence-electron chi connectivity index (χ4n) is 1.79. The molecule has 0 fully saturated rings. The number of nitrogens with zero attached hydrogens (tertiary/aromatic N) is 3. The van der Waals surface area contributed by atoms with Crippen molar-refractivity contribution in [2.24, 2.45) is 0 Å². The Balaban J connectivity index is 1.82. The first kappa shape index (κ1) is 11.3. The lowest BCUT2D eigenvalue weighted by Crippen LogP contribution is -2.10. The highest BCUT2D eigenvalue weighted by atomic mass is 16.1. The van der Waals surface area contributed by atoms with Crippen LogP contribution in [0.5, 0.6) is 0 Å². The summed E-state index contributed by atoms with van der Waals surface area (Å²) in [7, 11) is 0. The Morgan fingerprint density at radius 1 is 1.37 bits per heavy atom. The van der Waals surface area contributed by atoms with Crippen molar-refractivity contribution in [3.8, 4) is 0 Å². The average molecular weight is 256 g/mol. The van der Waals surface area contributed by atoms with Gasteiger partial charge < -0.3 is 11.1 Å². The van der Waals surface area contributed by atoms with E-state index in [9.17, 15) is 4.79 Å². The summed E-state index contributed by atoms with van der Waals surface area (Å²) in [6.07, 6.45) is 1.43. The number of fused-ring (bicyclic) bond motifs is 1. The number of hydrogen-bond donors (Lipinski definition) is 3. The number of nitrogens with two attached hydrogens (primary N) is 1. The third-order valence-corrected chi connectivity index (χ3v) is 2.82. The van der Waals surface area contributed by atoms with Gasteiger partial charge in [-0.1, -0.05) is 18.2 Å². The fraction of sp³-hybridized carbons (Fsp3) is 0.0833. The van der Waals surface area contributed by atoms with Gasteiger partial charge in [-0.25, -0.2) is 19.3 Å². The topological polar surface area (TPSA) is 101 Å². The smallest absolute Gasteiger partial charge is 0.348 e. The van der Waals surface area contributed by atoms with Crippen LogP contribution >= 0.6 is 0 Å². The number of hydrogen-bond acceptors (Lipinski definition) is 5. The summed E-state index contributed by atoms with van der Waals surface area (Å²) < 4.78 is 1.34. The minimum Gasteiger partial charge on any atom is -0.398 e. The van der Waals surface area contributed by atoms with E-state index in [-0.39, 0.29) is 5.69 Å². The molecule has 0 aliphatic rings. The molecule has 0 atom stereocenters. The van der Waals surface area contributed by atoms with Crippen molar-refractivity contribution in [2.45, 2.75) is 6.54 Å². The highest BCUT2D eigenvalue weighted by molar-refractivity contribution is 5.51. The Kier molecular flexibility index (Phi) is 2.64. The van der Waals surface area contributed by atoms with Crippen molar-refractivity contribution in [1.82, 2.24) is 19.6 Å². The van der Waals surface area contributed by atoms with Gasteiger partial charge in [0.2, 0.25) is 0 Å². The molecule has 0 spiro atoms. The van der Waals surface area contributed by atoms with Gasteiger partial charge in [0.1, 0.15) is 12.1 Å². The number of nitrogens with one attached hydrogen (secondary N) is 2. The molecule has 0 saturated carbocycles. The van der Waals surface area contributed by atoms with Crippen LogP contribution in [-0.2, 0) is 6.54 Å². The predicted octanol–water partition coefficient (Wildman–Crippen LogP) is 0.612. The average Bonchev–Trinajstić information content (AvgIpc) is 2.79. The van der Waals surface area contributed by atoms with Crippen LogP contribution in [0.15, 0.2) is 41.5 Å². The van der Waals surface area contributed by atoms with Crippen molar-refractivity contribution in [3.63, 3.8) is 0 Å². The predicted molar refractivity (Wildman–Crippen MR) is 71.8 cm³/mol. The first-order valence-corrected chi connectivity index (χ1v) is 5.74. The van der Waals surface area contributed by atoms with Crippen LogP contribution in [0.4, 0.5) is 11.5 Å². The van der Waals surface area contributed by atoms with Crippen LogP contribution in [0.1, 0.15) is 5.56 Å². The van der Waals surface area contributed by atoms with Gasteiger partial charge in [0.15, 0.2) is 5.65 Å². The molecule has 2 aromatic heterocycles. The van der Waals surface area contributed by atoms with E-state index in [0.29, 0.717) is 18.0 Å². The summed E-state index contributed by atoms with van der Waals surface area (Å²) in [5.41, 5.74) is 7.79. The number of benzene rings is 1. The summed E-state index contributed by atoms with van der Waals surface area (Å²) >= 11 is 0. The SMILES string of the molecule is Nc1ccccc1CNc1cc2n[nH]c(=O)n2cn1. The number of aromatic nitrogens is 4. The first-order chi connectivity index (χ1) is 9.24. The van der Waals surface area contributed by atoms with Crippen molar-refractivity contribution >= 4 is 17.2 Å². The molecule has 7 nitrogen and oxygen atoms in total. The maximum Gasteiger partial charge on any atom is 0.348 e. The van der Waals surface area contributed by atoms with Crippen LogP contribution in [0.2, 0.25) is 0 Å². The van der Waals surface area contributed by atoms with Crippen LogP contribution in [0, 0.1) is 0 Å². The normalized spacial score (nSPS) is 10.7. The minimum atomic E-state index is -0.304. The highest BCUT2D eigenvalue weighted by Gasteiger charge is 2.03. The second-order valence-corrected chi connectivity index (χ2v) is 4.08. The third-order valence-electron chi connectivity index (χ3n) is 2.82. The summed E-state index contributed by atoms with van der Waals surface area (Å²) in [6.45, 7) is 0.560. The standard InChI is InChI=1S/C12H12N6O/c13-9-4-2-1-3-8(9)6-14-10-5-11-16-17-12(19)18(11)7-15-10/h1-5,7,14H,6,13H2,(H,17,19). The van der Waals surface area contributed by atoms with E-state index >= 15 is 0 Å². The van der Waals surface area contributed by atoms with Crippen molar-refractivity contribution in [2.75, 3.05) is 11.1 Å². The van der Waals surface area contributed by atoms with E-state index in [2.05, 4.69) is 20.5 Å². The second-order valence-electron chi connectivity index (χ2n) is 4.08. The van der Waals surface area contributed by atoms with Crippen molar-refractivity contribution in [1.29, 1.82) is 0 Å². The van der Waals surface area contributed by atoms with Gasteiger partial charge in [-0.05, 0) is 11.6 Å². The molecule has 3 aromatic rings. The summed E-state index contributed by atoms with van der Waals surface area (Å²) in [5.74, 6) is 0.634. The molecule has 19 heavy (non-hydrogen) atoms. The van der Waals surface area contributed by atoms with Gasteiger partial charge in [-0.15, -0.1) is 0 Å². The second kappa shape index (κ2) is 4.45. The molecule has 0 aliphatic heterocycles. The van der Waals surface area contributed by atoms with Gasteiger partial charge in [0, 0.05) is 18.3 Å². The maximum absolute atomic E-state index is 11.3. The Hall–Kier alpha value is -2.83. The summed E-state index contributed by atoms with van der Waals surface area (Å²) in [4.78, 5) is 15.4. The van der Waals surface area contributed by atoms with E-state index in [0.717, 1.165) is 11.3 Å². The Labute approximate surface area is 108 Å². The number of anilines is 2. The fourth-order valence-corrected chi connectivity index (χ4v) is 1.79. The molecular weight excluding hydrogens is 244 g/mol. The lowest BCUT2D eigenvalue weighted by molar-refractivity contribution is 0.991. The zero-order chi connectivity index (χ0) is 13.2. The molecule has 0 unspecified atom stereocenters. The van der Waals surface area contributed by atoms with Gasteiger partial charge in [-0.3, -0.25) is 0 Å². The van der Waals surface area contributed by atoms with Gasteiger partial charge in [0.25, 0.3) is 0 Å². The Morgan fingerprint density at radius 3 is 3.05 bits per heavy atom. The van der Waals surface area contributed by atoms with Crippen LogP contribution in [-0.4, -0.2) is 19.6 Å². The molecule has 0 aliphatic carbocycles. The van der Waals surface area contributed by atoms with Crippen molar-refractivity contribution in [3.05, 3.63) is 52.7 Å². The number of rotatable bonds is 3. The number of aromatic amines is 1. The first-order valence-electron chi connectivity index (χ1n) is 5.74. The number of nitrogen functional groups attached to an aromatic ring is 1. The molecule has 4 N–H and O–H groups in total. The monoisotopic (exact) mass is 256 g/mol. The van der Waals surface area contributed by atoms with Gasteiger partial charge in [-0.2, -0.15) is 5.10 Å². The van der Waals surface area contributed by atoms with Crippen LogP contribution in [0.3, 0.4) is 0 Å². The molecule has 0 radical (unpaired) electrons. The van der Waals surface area contributed by atoms with E-state index in [1.54, 1.807) is 6.07 Å². The molecule has 0 saturated heterocycles. The number of H-pyrrole nitrogens is 1. The maximum atomic E-state index is 11.3. The van der Waals surface area contributed by atoms with E-state index in [1.807, 2.05) is 24.3 Å². The molecule has 1 aromatic carbocycles. The largest absolute Gasteiger partial charge is 0.398 e. The molecule has 96 valence electrons. The molecule has 0 bridgehead atoms. The number of para-hydroxylation sites is 1. The zero-order valence-electron chi connectivity index (χ0n) is 10.00. The zero-order valence-corrected chi connectivity index (χ0v) is 10.00. The van der Waals surface area contributed by atoms with Gasteiger partial charge >= 0.3 is 5.69 Å². The van der Waals surface area contributed by atoms with Crippen LogP contribution < -0.4 is 16.7 Å². The summed E-state index contributed by atoms with van der Waals surface area (Å²) in [6, 6.07) is 9.30. The van der Waals surface area contributed by atoms with E-state index < -0.39 is 0 Å². The third kappa shape index (κ3) is 2.13. The lowest BCUT2D eigenvalue weighted by Gasteiger charge is -2.07.